The SMILES string of the molecule is CC(C)(C)c1nnsc1-c1nc2ccc(N)cc2o1. The van der Waals surface area contributed by atoms with Gasteiger partial charge >= 0.3 is 0 Å². The van der Waals surface area contributed by atoms with Crippen LogP contribution in [0, 0.1) is 0 Å². The van der Waals surface area contributed by atoms with Crippen LogP contribution in [0.3, 0.4) is 0 Å². The summed E-state index contributed by atoms with van der Waals surface area (Å²) in [4.78, 5) is 5.36. The molecule has 0 atom stereocenters. The summed E-state index contributed by atoms with van der Waals surface area (Å²) in [5, 5.41) is 4.20. The Morgan fingerprint density at radius 1 is 1.26 bits per heavy atom. The molecule has 3 rings (SSSR count). The van der Waals surface area contributed by atoms with Crippen molar-refractivity contribution in [2.45, 2.75) is 26.2 Å². The second kappa shape index (κ2) is 4.03. The summed E-state index contributed by atoms with van der Waals surface area (Å²) in [6.07, 6.45) is 0. The Bertz CT molecular complexity index is 739. The molecule has 0 unspecified atom stereocenters. The minimum absolute atomic E-state index is 0.0952. The molecule has 0 saturated heterocycles. The molecule has 0 fully saturated rings. The third-order valence-electron chi connectivity index (χ3n) is 2.81. The van der Waals surface area contributed by atoms with Gasteiger partial charge in [0, 0.05) is 17.2 Å². The molecule has 3 aromatic rings. The lowest BCUT2D eigenvalue weighted by Crippen LogP contribution is -2.13. The first-order chi connectivity index (χ1) is 8.95. The number of nitrogens with two attached hydrogens (primary N) is 1. The minimum Gasteiger partial charge on any atom is -0.435 e. The molecule has 0 aliphatic carbocycles. The van der Waals surface area contributed by atoms with E-state index < -0.39 is 0 Å². The van der Waals surface area contributed by atoms with E-state index in [9.17, 15) is 0 Å². The van der Waals surface area contributed by atoms with E-state index in [4.69, 9.17) is 10.2 Å². The van der Waals surface area contributed by atoms with E-state index in [1.165, 1.54) is 11.5 Å². The smallest absolute Gasteiger partial charge is 0.241 e. The molecule has 2 heterocycles. The number of oxazole rings is 1. The summed E-state index contributed by atoms with van der Waals surface area (Å²) in [5.41, 5.74) is 8.68. The number of nitrogens with zero attached hydrogens (tertiary/aromatic N) is 3. The van der Waals surface area contributed by atoms with Crippen molar-refractivity contribution < 1.29 is 4.42 Å². The van der Waals surface area contributed by atoms with Gasteiger partial charge < -0.3 is 10.2 Å². The summed E-state index contributed by atoms with van der Waals surface area (Å²) in [6, 6.07) is 5.43. The predicted octanol–water partition coefficient (Wildman–Crippen LogP) is 3.23. The normalized spacial score (nSPS) is 12.2. The number of nitrogen functional groups attached to an aromatic ring is 1. The highest BCUT2D eigenvalue weighted by Crippen LogP contribution is 2.35. The van der Waals surface area contributed by atoms with Gasteiger partial charge in [-0.25, -0.2) is 4.98 Å². The highest BCUT2D eigenvalue weighted by Gasteiger charge is 2.26. The first-order valence-electron chi connectivity index (χ1n) is 5.94. The number of fused-ring (bicyclic) bond motifs is 1. The van der Waals surface area contributed by atoms with E-state index in [1.807, 2.05) is 12.1 Å². The van der Waals surface area contributed by atoms with Crippen molar-refractivity contribution >= 4 is 28.3 Å². The van der Waals surface area contributed by atoms with Crippen molar-refractivity contribution in [2.24, 2.45) is 0 Å². The number of aromatic nitrogens is 3. The van der Waals surface area contributed by atoms with Gasteiger partial charge in [-0.15, -0.1) is 5.10 Å². The maximum absolute atomic E-state index is 5.77. The van der Waals surface area contributed by atoms with Crippen LogP contribution in [0.25, 0.3) is 21.9 Å². The molecule has 0 spiro atoms. The molecule has 19 heavy (non-hydrogen) atoms. The van der Waals surface area contributed by atoms with Crippen molar-refractivity contribution in [3.8, 4) is 10.8 Å². The van der Waals surface area contributed by atoms with Crippen LogP contribution in [0.15, 0.2) is 22.6 Å². The number of rotatable bonds is 1. The predicted molar refractivity (Wildman–Crippen MR) is 76.0 cm³/mol. The molecule has 98 valence electrons. The molecule has 0 aliphatic rings. The minimum atomic E-state index is -0.0952. The van der Waals surface area contributed by atoms with E-state index in [2.05, 4.69) is 35.3 Å². The largest absolute Gasteiger partial charge is 0.435 e. The molecule has 0 aliphatic heterocycles. The molecule has 6 heteroatoms. The Labute approximate surface area is 114 Å². The molecular formula is C13H14N4OS. The Hall–Kier alpha value is -1.95. The number of hydrogen-bond donors (Lipinski definition) is 1. The summed E-state index contributed by atoms with van der Waals surface area (Å²) in [6.45, 7) is 6.27. The number of benzene rings is 1. The number of anilines is 1. The van der Waals surface area contributed by atoms with Crippen LogP contribution in [-0.4, -0.2) is 14.6 Å². The van der Waals surface area contributed by atoms with E-state index in [0.717, 1.165) is 16.1 Å². The van der Waals surface area contributed by atoms with E-state index in [-0.39, 0.29) is 5.41 Å². The molecule has 0 amide bonds. The molecule has 0 radical (unpaired) electrons. The van der Waals surface area contributed by atoms with Gasteiger partial charge in [0.1, 0.15) is 10.4 Å². The van der Waals surface area contributed by atoms with Crippen LogP contribution in [0.4, 0.5) is 5.69 Å². The topological polar surface area (TPSA) is 77.8 Å². The lowest BCUT2D eigenvalue weighted by Gasteiger charge is -2.15. The molecule has 5 nitrogen and oxygen atoms in total. The van der Waals surface area contributed by atoms with E-state index in [0.29, 0.717) is 17.2 Å². The van der Waals surface area contributed by atoms with Crippen molar-refractivity contribution in [3.63, 3.8) is 0 Å². The monoisotopic (exact) mass is 274 g/mol. The van der Waals surface area contributed by atoms with E-state index in [1.54, 1.807) is 6.07 Å². The summed E-state index contributed by atoms with van der Waals surface area (Å²) < 4.78 is 9.79. The second-order valence-corrected chi connectivity index (χ2v) is 6.20. The zero-order valence-electron chi connectivity index (χ0n) is 11.0. The van der Waals surface area contributed by atoms with Crippen LogP contribution in [0.2, 0.25) is 0 Å². The van der Waals surface area contributed by atoms with Gasteiger partial charge in [0.25, 0.3) is 0 Å². The summed E-state index contributed by atoms with van der Waals surface area (Å²) >= 11 is 1.30. The van der Waals surface area contributed by atoms with Crippen LogP contribution in [0.5, 0.6) is 0 Å². The Balaban J connectivity index is 2.17. The maximum atomic E-state index is 5.77. The quantitative estimate of drug-likeness (QED) is 0.689. The van der Waals surface area contributed by atoms with E-state index >= 15 is 0 Å². The average Bonchev–Trinajstić information content (AvgIpc) is 2.92. The Morgan fingerprint density at radius 3 is 2.79 bits per heavy atom. The van der Waals surface area contributed by atoms with Gasteiger partial charge in [-0.3, -0.25) is 0 Å². The van der Waals surface area contributed by atoms with Gasteiger partial charge in [0.15, 0.2) is 5.58 Å². The number of hydrogen-bond acceptors (Lipinski definition) is 6. The standard InChI is InChI=1S/C13H14N4OS/c1-13(2,3)11-10(19-17-16-11)12-15-8-5-4-7(14)6-9(8)18-12/h4-6H,14H2,1-3H3. The lowest BCUT2D eigenvalue weighted by molar-refractivity contribution is 0.561. The molecular weight excluding hydrogens is 260 g/mol. The van der Waals surface area contributed by atoms with Gasteiger partial charge in [0.2, 0.25) is 5.89 Å². The van der Waals surface area contributed by atoms with Crippen LogP contribution < -0.4 is 5.73 Å². The maximum Gasteiger partial charge on any atom is 0.241 e. The fourth-order valence-electron chi connectivity index (χ4n) is 1.86. The summed E-state index contributed by atoms with van der Waals surface area (Å²) in [5.74, 6) is 0.556. The van der Waals surface area contributed by atoms with Crippen molar-refractivity contribution in [2.75, 3.05) is 5.73 Å². The van der Waals surface area contributed by atoms with Gasteiger partial charge in [0.05, 0.1) is 5.69 Å². The third-order valence-corrected chi connectivity index (χ3v) is 3.52. The highest BCUT2D eigenvalue weighted by molar-refractivity contribution is 7.09. The van der Waals surface area contributed by atoms with Crippen molar-refractivity contribution in [3.05, 3.63) is 23.9 Å². The first kappa shape index (κ1) is 12.1. The second-order valence-electron chi connectivity index (χ2n) is 5.45. The summed E-state index contributed by atoms with van der Waals surface area (Å²) in [7, 11) is 0. The highest BCUT2D eigenvalue weighted by atomic mass is 32.1. The molecule has 1 aromatic carbocycles. The third kappa shape index (κ3) is 2.08. The molecule has 2 aromatic heterocycles. The Morgan fingerprint density at radius 2 is 2.05 bits per heavy atom. The van der Waals surface area contributed by atoms with Gasteiger partial charge in [-0.05, 0) is 23.7 Å². The lowest BCUT2D eigenvalue weighted by atomic mass is 9.91. The zero-order chi connectivity index (χ0) is 13.6. The zero-order valence-corrected chi connectivity index (χ0v) is 11.8. The van der Waals surface area contributed by atoms with Gasteiger partial charge in [-0.1, -0.05) is 25.3 Å². The molecule has 0 bridgehead atoms. The Kier molecular flexibility index (Phi) is 2.56. The average molecular weight is 274 g/mol. The van der Waals surface area contributed by atoms with Crippen LogP contribution in [-0.2, 0) is 5.41 Å². The molecule has 2 N–H and O–H groups in total. The van der Waals surface area contributed by atoms with Crippen molar-refractivity contribution in [1.29, 1.82) is 0 Å². The van der Waals surface area contributed by atoms with Crippen molar-refractivity contribution in [1.82, 2.24) is 14.6 Å². The van der Waals surface area contributed by atoms with Gasteiger partial charge in [-0.2, -0.15) is 0 Å². The van der Waals surface area contributed by atoms with Crippen LogP contribution >= 0.6 is 11.5 Å². The fraction of sp³-hybridized carbons (Fsp3) is 0.308. The fourth-order valence-corrected chi connectivity index (χ4v) is 2.66. The van der Waals surface area contributed by atoms with Crippen LogP contribution in [0.1, 0.15) is 26.5 Å². The molecule has 0 saturated carbocycles. The first-order valence-corrected chi connectivity index (χ1v) is 6.72.